The minimum absolute atomic E-state index is 0. The smallest absolute Gasteiger partial charge is 0.273 e. The molecule has 0 bridgehead atoms. The van der Waals surface area contributed by atoms with Crippen LogP contribution in [-0.4, -0.2) is 34.5 Å². The number of nitrogens with zero attached hydrogens (tertiary/aromatic N) is 1. The van der Waals surface area contributed by atoms with E-state index in [-0.39, 0.29) is 26.2 Å². The van der Waals surface area contributed by atoms with E-state index in [0.29, 0.717) is 12.1 Å². The first-order chi connectivity index (χ1) is 16.5. The first-order valence-corrected chi connectivity index (χ1v) is 13.0. The van der Waals surface area contributed by atoms with Crippen molar-refractivity contribution in [3.05, 3.63) is 133 Å². The molecule has 4 rings (SSSR count). The van der Waals surface area contributed by atoms with Crippen LogP contribution in [0.5, 0.6) is 0 Å². The minimum atomic E-state index is 0. The molecule has 2 radical (unpaired) electrons. The maximum absolute atomic E-state index is 2.99. The van der Waals surface area contributed by atoms with Gasteiger partial charge in [-0.3, -0.25) is 12.2 Å². The van der Waals surface area contributed by atoms with Gasteiger partial charge in [-0.15, -0.1) is 12.8 Å². The first-order valence-electron chi connectivity index (χ1n) is 11.9. The molecule has 0 saturated carbocycles. The van der Waals surface area contributed by atoms with Gasteiger partial charge in [0.2, 0.25) is 0 Å². The Morgan fingerprint density at radius 1 is 0.686 bits per heavy atom. The van der Waals surface area contributed by atoms with E-state index in [4.69, 9.17) is 0 Å². The average Bonchev–Trinajstić information content (AvgIpc) is 3.62. The summed E-state index contributed by atoms with van der Waals surface area (Å²) in [5.41, 5.74) is 2.44. The fourth-order valence-corrected chi connectivity index (χ4v) is 2.74. The van der Waals surface area contributed by atoms with Crippen LogP contribution in [0.3, 0.4) is 0 Å². The number of allylic oxidation sites excluding steroid dienone is 10. The van der Waals surface area contributed by atoms with Crippen LogP contribution in [0.2, 0.25) is 0 Å². The molecule has 3 heteroatoms. The van der Waals surface area contributed by atoms with Crippen molar-refractivity contribution in [2.45, 2.75) is 52.6 Å². The zero-order valence-corrected chi connectivity index (χ0v) is 26.5. The van der Waals surface area contributed by atoms with E-state index in [9.17, 15) is 0 Å². The van der Waals surface area contributed by atoms with Crippen molar-refractivity contribution in [1.29, 1.82) is 0 Å². The second kappa shape index (κ2) is 22.8. The van der Waals surface area contributed by atoms with Crippen molar-refractivity contribution in [3.63, 3.8) is 0 Å². The topological polar surface area (TPSA) is 3.24 Å². The third-order valence-corrected chi connectivity index (χ3v) is 7.15. The van der Waals surface area contributed by atoms with Crippen LogP contribution in [0.25, 0.3) is 12.2 Å². The van der Waals surface area contributed by atoms with Gasteiger partial charge >= 0.3 is 88.4 Å². The van der Waals surface area contributed by atoms with Crippen molar-refractivity contribution in [3.8, 4) is 0 Å². The van der Waals surface area contributed by atoms with Crippen LogP contribution in [0.4, 0.5) is 0 Å². The number of hydrogen-bond acceptors (Lipinski definition) is 1. The monoisotopic (exact) mass is 595 g/mol. The molecular formula is C32H38GaNZr. The molecule has 0 atom stereocenters. The summed E-state index contributed by atoms with van der Waals surface area (Å²) in [6.45, 7) is 8.90. The molecular weight excluding hydrogens is 559 g/mol. The standard InChI is InChI=1S/C16H14.C6H14N.2C5H5.Ga.Zr/c1-3-9-15(10-4-1)13-7-8-14-16-11-5-2-6-12-16;1-5(2)7-6(3)4;2*1-2-4-5-3-1;;/h1-14H;5-6H,1-4H3;2*1-3H,4H2;;/q;3*-1;+1;+2. The maximum Gasteiger partial charge on any atom is 2.00 e. The van der Waals surface area contributed by atoms with Crippen LogP contribution in [0, 0.1) is 12.2 Å². The predicted molar refractivity (Wildman–Crippen MR) is 152 cm³/mol. The van der Waals surface area contributed by atoms with Gasteiger partial charge in [-0.2, -0.15) is 12.2 Å². The van der Waals surface area contributed by atoms with Crippen LogP contribution >= 0.6 is 0 Å². The molecule has 2 aliphatic carbocycles. The quantitative estimate of drug-likeness (QED) is 0.191. The number of rotatable bonds is 5. The Labute approximate surface area is 244 Å². The average molecular weight is 598 g/mol. The summed E-state index contributed by atoms with van der Waals surface area (Å²) in [5, 5.41) is 0. The molecule has 0 spiro atoms. The Morgan fingerprint density at radius 2 is 1.06 bits per heavy atom. The Bertz CT molecular complexity index is 825. The van der Waals surface area contributed by atoms with E-state index < -0.39 is 0 Å². The second-order valence-corrected chi connectivity index (χ2v) is 9.43. The first kappa shape index (κ1) is 33.4. The van der Waals surface area contributed by atoms with Gasteiger partial charge in [-0.25, -0.2) is 24.3 Å². The largest absolute Gasteiger partial charge is 2.00 e. The molecule has 0 N–H and O–H groups in total. The second-order valence-electron chi connectivity index (χ2n) is 8.18. The van der Waals surface area contributed by atoms with Crippen molar-refractivity contribution < 1.29 is 26.2 Å². The SMILES string of the molecule is C(C=Cc1ccccc1)=Cc1ccccc1.CC(C)[N]([Ga])C(C)C.[C-]1=CC=CC1.[C-]1=CC=CC1.[Zr+2]. The summed E-state index contributed by atoms with van der Waals surface area (Å²) in [4.78, 5) is 0. The zero-order chi connectivity index (χ0) is 24.9. The van der Waals surface area contributed by atoms with Gasteiger partial charge in [0.15, 0.2) is 0 Å². The molecule has 0 fully saturated rings. The van der Waals surface area contributed by atoms with Crippen LogP contribution in [0.1, 0.15) is 51.7 Å². The summed E-state index contributed by atoms with van der Waals surface area (Å²) in [5.74, 6) is 0. The molecule has 178 valence electrons. The fourth-order valence-electron chi connectivity index (χ4n) is 2.74. The summed E-state index contributed by atoms with van der Waals surface area (Å²) < 4.78 is 2.40. The molecule has 2 aromatic rings. The molecule has 0 aromatic heterocycles. The van der Waals surface area contributed by atoms with Crippen LogP contribution in [-0.2, 0) is 26.2 Å². The minimum Gasteiger partial charge on any atom is -0.273 e. The predicted octanol–water partition coefficient (Wildman–Crippen LogP) is 8.21. The Morgan fingerprint density at radius 3 is 1.26 bits per heavy atom. The van der Waals surface area contributed by atoms with Crippen LogP contribution < -0.4 is 0 Å². The molecule has 35 heavy (non-hydrogen) atoms. The van der Waals surface area contributed by atoms with Gasteiger partial charge in [0.25, 0.3) is 0 Å². The summed E-state index contributed by atoms with van der Waals surface area (Å²) in [7, 11) is 0. The molecule has 0 aliphatic heterocycles. The Balaban J connectivity index is 0.000000506. The number of benzene rings is 2. The fraction of sp³-hybridized carbons (Fsp3) is 0.250. The van der Waals surface area contributed by atoms with Crippen molar-refractivity contribution in [2.24, 2.45) is 0 Å². The van der Waals surface area contributed by atoms with E-state index >= 15 is 0 Å². The number of hydrogen-bond donors (Lipinski definition) is 0. The van der Waals surface area contributed by atoms with E-state index in [0.717, 1.165) is 12.8 Å². The summed E-state index contributed by atoms with van der Waals surface area (Å²) in [6.07, 6.45) is 28.3. The van der Waals surface area contributed by atoms with E-state index in [2.05, 4.69) is 104 Å². The van der Waals surface area contributed by atoms with Gasteiger partial charge in [-0.1, -0.05) is 85.0 Å². The van der Waals surface area contributed by atoms with Crippen molar-refractivity contribution in [1.82, 2.24) is 3.61 Å². The summed E-state index contributed by atoms with van der Waals surface area (Å²) in [6, 6.07) is 22.0. The van der Waals surface area contributed by atoms with E-state index in [1.54, 1.807) is 18.8 Å². The van der Waals surface area contributed by atoms with Crippen LogP contribution in [0.15, 0.2) is 109 Å². The molecule has 0 amide bonds. The molecule has 1 nitrogen and oxygen atoms in total. The Hall–Kier alpha value is -1.64. The van der Waals surface area contributed by atoms with Gasteiger partial charge in [0.05, 0.1) is 0 Å². The molecule has 0 saturated heterocycles. The van der Waals surface area contributed by atoms with Crippen molar-refractivity contribution in [2.75, 3.05) is 0 Å². The normalized spacial score (nSPS) is 12.9. The third-order valence-electron chi connectivity index (χ3n) is 4.65. The molecule has 2 aromatic carbocycles. The van der Waals surface area contributed by atoms with Gasteiger partial charge in [0.1, 0.15) is 0 Å². The van der Waals surface area contributed by atoms with E-state index in [1.165, 1.54) is 11.1 Å². The van der Waals surface area contributed by atoms with Crippen molar-refractivity contribution >= 4 is 31.0 Å². The molecule has 0 unspecified atom stereocenters. The zero-order valence-electron chi connectivity index (χ0n) is 21.6. The maximum atomic E-state index is 2.99. The third kappa shape index (κ3) is 19.3. The summed E-state index contributed by atoms with van der Waals surface area (Å²) >= 11 is 1.72. The molecule has 0 heterocycles. The molecule has 2 aliphatic rings. The Kier molecular flexibility index (Phi) is 21.7. The van der Waals surface area contributed by atoms with Gasteiger partial charge < -0.3 is 0 Å². The van der Waals surface area contributed by atoms with Gasteiger partial charge in [0, 0.05) is 0 Å². The van der Waals surface area contributed by atoms with E-state index in [1.807, 2.05) is 60.7 Å². The van der Waals surface area contributed by atoms with Gasteiger partial charge in [-0.05, 0) is 11.1 Å².